The van der Waals surface area contributed by atoms with Crippen LogP contribution in [0.3, 0.4) is 0 Å². The van der Waals surface area contributed by atoms with Crippen LogP contribution in [-0.2, 0) is 40.4 Å². The van der Waals surface area contributed by atoms with Crippen LogP contribution in [0.5, 0.6) is 5.88 Å². The fraction of sp³-hybridized carbons (Fsp3) is 0.625. The number of amides is 3. The molecule has 2 aliphatic heterocycles. The Morgan fingerprint density at radius 1 is 0.962 bits per heavy atom. The van der Waals surface area contributed by atoms with Gasteiger partial charge in [-0.2, -0.15) is 0 Å². The van der Waals surface area contributed by atoms with Crippen molar-refractivity contribution in [3.8, 4) is 5.88 Å². The number of hydrogen-bond acceptors (Lipinski definition) is 9. The Hall–Kier alpha value is -4.00. The molecule has 13 heteroatoms. The van der Waals surface area contributed by atoms with E-state index in [1.807, 2.05) is 6.07 Å². The van der Waals surface area contributed by atoms with Crippen LogP contribution in [0.2, 0.25) is 0 Å². The smallest absolute Gasteiger partial charge is 0.306 e. The van der Waals surface area contributed by atoms with E-state index >= 15 is 0 Å². The number of fused-ring (bicyclic) bond motifs is 4. The first-order chi connectivity index (χ1) is 25.5. The lowest BCUT2D eigenvalue weighted by atomic mass is 9.86. The molecule has 8 rings (SSSR count). The van der Waals surface area contributed by atoms with Crippen LogP contribution in [0.25, 0.3) is 10.8 Å². The number of aryl methyl sites for hydroxylation is 1. The van der Waals surface area contributed by atoms with Crippen LogP contribution in [0.1, 0.15) is 95.5 Å². The van der Waals surface area contributed by atoms with Crippen molar-refractivity contribution < 1.29 is 37.1 Å². The zero-order valence-electron chi connectivity index (χ0n) is 30.2. The molecule has 1 aromatic carbocycles. The summed E-state index contributed by atoms with van der Waals surface area (Å²) in [5, 5.41) is 4.08. The normalized spacial score (nSPS) is 32.3. The van der Waals surface area contributed by atoms with Crippen LogP contribution in [0.4, 0.5) is 0 Å². The highest BCUT2D eigenvalue weighted by Crippen LogP contribution is 2.46. The average Bonchev–Trinajstić information content (AvgIpc) is 3.93. The maximum Gasteiger partial charge on any atom is 0.306 e. The third kappa shape index (κ3) is 7.29. The average molecular weight is 747 g/mol. The van der Waals surface area contributed by atoms with E-state index in [4.69, 9.17) is 9.47 Å². The lowest BCUT2D eigenvalue weighted by Crippen LogP contribution is -2.57. The second-order valence-corrected chi connectivity index (χ2v) is 18.3. The highest BCUT2D eigenvalue weighted by Gasteiger charge is 2.62. The number of nitrogens with one attached hydrogen (secondary N) is 2. The van der Waals surface area contributed by atoms with Crippen LogP contribution < -0.4 is 14.8 Å². The number of esters is 1. The Morgan fingerprint density at radius 3 is 2.49 bits per heavy atom. The minimum Gasteiger partial charge on any atom is -0.472 e. The summed E-state index contributed by atoms with van der Waals surface area (Å²) in [5.41, 5.74) is -0.350. The van der Waals surface area contributed by atoms with E-state index in [1.54, 1.807) is 12.3 Å². The van der Waals surface area contributed by atoms with Crippen molar-refractivity contribution in [2.75, 3.05) is 6.54 Å². The molecule has 1 saturated heterocycles. The zero-order chi connectivity index (χ0) is 36.9. The van der Waals surface area contributed by atoms with Gasteiger partial charge < -0.3 is 19.7 Å². The van der Waals surface area contributed by atoms with Gasteiger partial charge >= 0.3 is 5.97 Å². The van der Waals surface area contributed by atoms with Crippen LogP contribution >= 0.6 is 0 Å². The van der Waals surface area contributed by atoms with E-state index in [1.165, 1.54) is 4.90 Å². The molecule has 1 aromatic heterocycles. The number of benzene rings is 1. The van der Waals surface area contributed by atoms with Gasteiger partial charge in [-0.1, -0.05) is 31.1 Å². The van der Waals surface area contributed by atoms with Crippen molar-refractivity contribution in [3.63, 3.8) is 0 Å². The van der Waals surface area contributed by atoms with Gasteiger partial charge in [0.2, 0.25) is 27.7 Å². The van der Waals surface area contributed by atoms with E-state index in [0.717, 1.165) is 80.5 Å². The second kappa shape index (κ2) is 14.3. The van der Waals surface area contributed by atoms with Crippen molar-refractivity contribution in [2.45, 2.75) is 125 Å². The molecule has 3 heterocycles. The molecule has 2 aromatic rings. The van der Waals surface area contributed by atoms with E-state index in [0.29, 0.717) is 18.7 Å². The van der Waals surface area contributed by atoms with E-state index in [-0.39, 0.29) is 55.6 Å². The van der Waals surface area contributed by atoms with Crippen LogP contribution in [0.15, 0.2) is 43.1 Å². The number of ether oxygens (including phenoxy) is 2. The second-order valence-electron chi connectivity index (χ2n) is 16.3. The summed E-state index contributed by atoms with van der Waals surface area (Å²) in [6.45, 7) is 3.89. The van der Waals surface area contributed by atoms with Gasteiger partial charge in [0, 0.05) is 23.9 Å². The molecule has 12 nitrogen and oxygen atoms in total. The van der Waals surface area contributed by atoms with Crippen molar-refractivity contribution in [2.24, 2.45) is 23.7 Å². The summed E-state index contributed by atoms with van der Waals surface area (Å²) in [7, 11) is -3.87. The highest BCUT2D eigenvalue weighted by atomic mass is 32.2. The number of aromatic nitrogens is 1. The van der Waals surface area contributed by atoms with Crippen molar-refractivity contribution in [3.05, 3.63) is 48.7 Å². The molecule has 5 fully saturated rings. The Labute approximate surface area is 310 Å². The first-order valence-electron chi connectivity index (χ1n) is 19.6. The maximum atomic E-state index is 14.8. The van der Waals surface area contributed by atoms with Crippen LogP contribution in [-0.4, -0.2) is 77.6 Å². The number of carbonyl (C=O) groups is 4. The van der Waals surface area contributed by atoms with Crippen molar-refractivity contribution in [1.29, 1.82) is 0 Å². The molecule has 1 unspecified atom stereocenters. The first-order valence-corrected chi connectivity index (χ1v) is 21.1. The van der Waals surface area contributed by atoms with Gasteiger partial charge in [-0.05, 0) is 106 Å². The first kappa shape index (κ1) is 36.0. The molecule has 6 aliphatic rings. The molecule has 0 spiro atoms. The Kier molecular flexibility index (Phi) is 9.74. The van der Waals surface area contributed by atoms with Crippen molar-refractivity contribution >= 4 is 44.5 Å². The van der Waals surface area contributed by atoms with Gasteiger partial charge in [0.25, 0.3) is 5.91 Å². The highest BCUT2D eigenvalue weighted by molar-refractivity contribution is 7.91. The van der Waals surface area contributed by atoms with Crippen LogP contribution in [0, 0.1) is 23.7 Å². The number of carbonyl (C=O) groups excluding carboxylic acids is 4. The summed E-state index contributed by atoms with van der Waals surface area (Å²) in [5.74, 6) is -2.52. The topological polar surface area (TPSA) is 161 Å². The summed E-state index contributed by atoms with van der Waals surface area (Å²) in [4.78, 5) is 62.5. The zero-order valence-corrected chi connectivity index (χ0v) is 31.0. The fourth-order valence-electron chi connectivity index (χ4n) is 9.47. The molecule has 7 atom stereocenters. The number of rotatable bonds is 7. The summed E-state index contributed by atoms with van der Waals surface area (Å²) in [6, 6.07) is 7.18. The predicted octanol–water partition coefficient (Wildman–Crippen LogP) is 4.50. The van der Waals surface area contributed by atoms with E-state index < -0.39 is 56.6 Å². The van der Waals surface area contributed by atoms with Gasteiger partial charge in [-0.3, -0.25) is 23.9 Å². The monoisotopic (exact) mass is 746 g/mol. The lowest BCUT2D eigenvalue weighted by Gasteiger charge is -2.32. The molecule has 2 N–H and O–H groups in total. The third-order valence-electron chi connectivity index (χ3n) is 12.8. The number of sulfonamides is 1. The Balaban J connectivity index is 1.12. The molecule has 0 radical (unpaired) electrons. The molecular formula is C40H50N4O8S. The van der Waals surface area contributed by atoms with E-state index in [9.17, 15) is 27.6 Å². The predicted molar refractivity (Wildman–Crippen MR) is 196 cm³/mol. The summed E-state index contributed by atoms with van der Waals surface area (Å²) >= 11 is 0. The molecular weight excluding hydrogens is 697 g/mol. The van der Waals surface area contributed by atoms with E-state index in [2.05, 4.69) is 39.8 Å². The number of hydrogen-bond donors (Lipinski definition) is 2. The van der Waals surface area contributed by atoms with Crippen molar-refractivity contribution in [1.82, 2.24) is 19.9 Å². The molecule has 4 aliphatic carbocycles. The van der Waals surface area contributed by atoms with Gasteiger partial charge in [0.1, 0.15) is 23.8 Å². The minimum absolute atomic E-state index is 0.0276. The largest absolute Gasteiger partial charge is 0.472 e. The molecule has 284 valence electrons. The Bertz CT molecular complexity index is 1910. The van der Waals surface area contributed by atoms with Gasteiger partial charge in [-0.15, -0.1) is 6.58 Å². The third-order valence-corrected chi connectivity index (χ3v) is 14.6. The summed E-state index contributed by atoms with van der Waals surface area (Å²) < 4.78 is 40.4. The van der Waals surface area contributed by atoms with Gasteiger partial charge in [0.05, 0.1) is 24.1 Å². The number of pyridine rings is 1. The maximum absolute atomic E-state index is 14.8. The number of nitrogens with zero attached hydrogens (tertiary/aromatic N) is 2. The molecule has 53 heavy (non-hydrogen) atoms. The molecule has 3 amide bonds. The van der Waals surface area contributed by atoms with Gasteiger partial charge in [0.15, 0.2) is 0 Å². The molecule has 4 saturated carbocycles. The fourth-order valence-corrected chi connectivity index (χ4v) is 10.8. The Morgan fingerprint density at radius 2 is 1.74 bits per heavy atom. The van der Waals surface area contributed by atoms with Gasteiger partial charge in [-0.25, -0.2) is 13.4 Å². The molecule has 4 bridgehead atoms. The quantitative estimate of drug-likeness (QED) is 0.307. The summed E-state index contributed by atoms with van der Waals surface area (Å²) in [6.07, 6.45) is 12.8. The SMILES string of the molecule is C=C[C@H]1C[C@]1(NC(=O)[C@@H]1CC2CN1C(=O)[C@H](C1CCCC1)CC(=O)O[C@H]1CCC[C@@H]1CCCc1ccc3ccnc(c3c1)O2)C(=O)NS(=O)(=O)C1CC1. The standard InChI is InChI=1S/C40H50N4O8S/c1-2-28-22-40(28,39(48)43-53(49,50)30-15-16-30)42-36(46)33-20-29-23-44(33)38(47)32(25-8-3-4-9-25)21-35(45)52-34-12-6-11-27(34)10-5-7-24-13-14-26-17-18-41-37(51-29)31(26)19-24/h2,13-14,17-19,25,27-30,32-34H,1,3-12,15-16,20-23H2,(H,42,46)(H,43,48)/t27-,28-,29?,32-,33-,34-,40+/m0/s1. The minimum atomic E-state index is -3.87. The lowest BCUT2D eigenvalue weighted by molar-refractivity contribution is -0.156.